The van der Waals surface area contributed by atoms with E-state index in [0.29, 0.717) is 11.6 Å². The van der Waals surface area contributed by atoms with E-state index >= 15 is 0 Å². The van der Waals surface area contributed by atoms with Crippen LogP contribution in [0.4, 0.5) is 0 Å². The van der Waals surface area contributed by atoms with Gasteiger partial charge in [-0.25, -0.2) is 0 Å². The molecule has 18 heavy (non-hydrogen) atoms. The number of hydrogen-bond donors (Lipinski definition) is 0. The molecule has 0 aliphatic carbocycles. The van der Waals surface area contributed by atoms with Crippen LogP contribution >= 0.6 is 0 Å². The standard InChI is InChI=1S/C13H19NO3S/c1-5-11(4)12-6-8-13(9-7-12)18(15,16)17-14-10(2)3/h6-9,11H,5H2,1-4H3. The maximum absolute atomic E-state index is 11.8. The number of rotatable bonds is 5. The van der Waals surface area contributed by atoms with Crippen LogP contribution in [-0.4, -0.2) is 14.1 Å². The molecule has 0 fully saturated rings. The summed E-state index contributed by atoms with van der Waals surface area (Å²) in [6, 6.07) is 6.73. The molecule has 100 valence electrons. The van der Waals surface area contributed by atoms with Crippen molar-refractivity contribution in [1.82, 2.24) is 0 Å². The first-order chi connectivity index (χ1) is 8.36. The highest BCUT2D eigenvalue weighted by Crippen LogP contribution is 2.21. The van der Waals surface area contributed by atoms with Crippen LogP contribution in [-0.2, 0) is 14.4 Å². The van der Waals surface area contributed by atoms with Gasteiger partial charge in [0.1, 0.15) is 4.90 Å². The fraction of sp³-hybridized carbons (Fsp3) is 0.462. The molecule has 0 spiro atoms. The van der Waals surface area contributed by atoms with Crippen molar-refractivity contribution in [2.75, 3.05) is 0 Å². The predicted octanol–water partition coefficient (Wildman–Crippen LogP) is 3.30. The lowest BCUT2D eigenvalue weighted by atomic mass is 9.99. The van der Waals surface area contributed by atoms with Gasteiger partial charge in [-0.05, 0) is 43.9 Å². The average Bonchev–Trinajstić information content (AvgIpc) is 2.36. The molecule has 1 atom stereocenters. The first-order valence-electron chi connectivity index (χ1n) is 5.91. The van der Waals surface area contributed by atoms with Gasteiger partial charge in [-0.3, -0.25) is 4.28 Å². The summed E-state index contributed by atoms with van der Waals surface area (Å²) in [7, 11) is -3.79. The minimum Gasteiger partial charge on any atom is -0.265 e. The maximum Gasteiger partial charge on any atom is 0.358 e. The van der Waals surface area contributed by atoms with Crippen LogP contribution in [0.15, 0.2) is 34.3 Å². The van der Waals surface area contributed by atoms with Gasteiger partial charge in [0.25, 0.3) is 0 Å². The molecule has 1 aromatic carbocycles. The second kappa shape index (κ2) is 6.00. The molecule has 1 unspecified atom stereocenters. The van der Waals surface area contributed by atoms with Crippen molar-refractivity contribution < 1.29 is 12.7 Å². The van der Waals surface area contributed by atoms with E-state index in [1.165, 1.54) is 0 Å². The zero-order valence-corrected chi connectivity index (χ0v) is 12.0. The average molecular weight is 269 g/mol. The molecule has 4 nitrogen and oxygen atoms in total. The van der Waals surface area contributed by atoms with E-state index < -0.39 is 10.1 Å². The van der Waals surface area contributed by atoms with E-state index in [4.69, 9.17) is 0 Å². The van der Waals surface area contributed by atoms with Crippen molar-refractivity contribution in [3.8, 4) is 0 Å². The Morgan fingerprint density at radius 1 is 1.28 bits per heavy atom. The van der Waals surface area contributed by atoms with Crippen LogP contribution in [0.25, 0.3) is 0 Å². The molecule has 0 aliphatic rings. The lowest BCUT2D eigenvalue weighted by molar-refractivity contribution is 0.338. The maximum atomic E-state index is 11.8. The summed E-state index contributed by atoms with van der Waals surface area (Å²) in [6.07, 6.45) is 1.02. The lowest BCUT2D eigenvalue weighted by Crippen LogP contribution is -2.04. The summed E-state index contributed by atoms with van der Waals surface area (Å²) in [5, 5.41) is 3.48. The topological polar surface area (TPSA) is 55.7 Å². The van der Waals surface area contributed by atoms with Gasteiger partial charge >= 0.3 is 10.1 Å². The van der Waals surface area contributed by atoms with Gasteiger partial charge in [0.05, 0.1) is 5.71 Å². The molecule has 1 aromatic rings. The van der Waals surface area contributed by atoms with E-state index in [0.717, 1.165) is 12.0 Å². The Hall–Kier alpha value is -1.36. The van der Waals surface area contributed by atoms with Crippen molar-refractivity contribution in [3.05, 3.63) is 29.8 Å². The van der Waals surface area contributed by atoms with Crippen molar-refractivity contribution in [2.45, 2.75) is 44.9 Å². The van der Waals surface area contributed by atoms with Gasteiger partial charge in [-0.2, -0.15) is 8.42 Å². The van der Waals surface area contributed by atoms with Crippen molar-refractivity contribution in [2.24, 2.45) is 5.16 Å². The molecule has 5 heteroatoms. The van der Waals surface area contributed by atoms with E-state index in [-0.39, 0.29) is 4.90 Å². The van der Waals surface area contributed by atoms with Gasteiger partial charge in [-0.1, -0.05) is 31.1 Å². The normalized spacial score (nSPS) is 12.9. The van der Waals surface area contributed by atoms with Gasteiger partial charge in [0, 0.05) is 0 Å². The van der Waals surface area contributed by atoms with E-state index in [1.54, 1.807) is 26.0 Å². The number of nitrogens with zero attached hydrogens (tertiary/aromatic N) is 1. The number of oxime groups is 1. The van der Waals surface area contributed by atoms with Crippen molar-refractivity contribution in [1.29, 1.82) is 0 Å². The molecular formula is C13H19NO3S. The summed E-state index contributed by atoms with van der Waals surface area (Å²) < 4.78 is 28.1. The van der Waals surface area contributed by atoms with Crippen LogP contribution in [0.3, 0.4) is 0 Å². The zero-order chi connectivity index (χ0) is 13.8. The van der Waals surface area contributed by atoms with Crippen LogP contribution in [0.1, 0.15) is 45.6 Å². The van der Waals surface area contributed by atoms with Crippen LogP contribution in [0.5, 0.6) is 0 Å². The Labute approximate surface area is 109 Å². The first-order valence-corrected chi connectivity index (χ1v) is 7.32. The monoisotopic (exact) mass is 269 g/mol. The molecule has 0 saturated carbocycles. The van der Waals surface area contributed by atoms with Crippen LogP contribution in [0, 0.1) is 0 Å². The smallest absolute Gasteiger partial charge is 0.265 e. The number of benzene rings is 1. The summed E-state index contributed by atoms with van der Waals surface area (Å²) in [5.41, 5.74) is 1.67. The van der Waals surface area contributed by atoms with E-state index in [9.17, 15) is 8.42 Å². The fourth-order valence-corrected chi connectivity index (χ4v) is 2.17. The van der Waals surface area contributed by atoms with Crippen molar-refractivity contribution in [3.63, 3.8) is 0 Å². The molecule has 0 aromatic heterocycles. The minimum absolute atomic E-state index is 0.125. The van der Waals surface area contributed by atoms with Gasteiger partial charge < -0.3 is 0 Å². The van der Waals surface area contributed by atoms with Crippen LogP contribution in [0.2, 0.25) is 0 Å². The predicted molar refractivity (Wildman–Crippen MR) is 72.2 cm³/mol. The third-order valence-electron chi connectivity index (χ3n) is 2.67. The molecule has 0 heterocycles. The van der Waals surface area contributed by atoms with Crippen LogP contribution < -0.4 is 0 Å². The highest BCUT2D eigenvalue weighted by molar-refractivity contribution is 7.86. The van der Waals surface area contributed by atoms with Crippen molar-refractivity contribution >= 4 is 15.8 Å². The SMILES string of the molecule is CCC(C)c1ccc(S(=O)(=O)ON=C(C)C)cc1. The highest BCUT2D eigenvalue weighted by atomic mass is 32.2. The first kappa shape index (κ1) is 14.7. The molecule has 0 N–H and O–H groups in total. The molecular weight excluding hydrogens is 250 g/mol. The highest BCUT2D eigenvalue weighted by Gasteiger charge is 2.16. The third-order valence-corrected chi connectivity index (χ3v) is 3.79. The second-order valence-electron chi connectivity index (χ2n) is 4.45. The Balaban J connectivity index is 2.94. The molecule has 0 aliphatic heterocycles. The Morgan fingerprint density at radius 3 is 2.28 bits per heavy atom. The van der Waals surface area contributed by atoms with E-state index in [2.05, 4.69) is 23.3 Å². The van der Waals surface area contributed by atoms with Gasteiger partial charge in [-0.15, -0.1) is 0 Å². The summed E-state index contributed by atoms with van der Waals surface area (Å²) >= 11 is 0. The molecule has 0 bridgehead atoms. The molecule has 0 radical (unpaired) electrons. The quantitative estimate of drug-likeness (QED) is 0.608. The minimum atomic E-state index is -3.79. The molecule has 0 saturated heterocycles. The molecule has 1 rings (SSSR count). The zero-order valence-electron chi connectivity index (χ0n) is 11.2. The Bertz CT molecular complexity index is 514. The van der Waals surface area contributed by atoms with Gasteiger partial charge in [0.15, 0.2) is 0 Å². The second-order valence-corrected chi connectivity index (χ2v) is 5.97. The summed E-state index contributed by atoms with van der Waals surface area (Å²) in [5.74, 6) is 0.415. The Kier molecular flexibility index (Phi) is 4.90. The summed E-state index contributed by atoms with van der Waals surface area (Å²) in [6.45, 7) is 7.53. The molecule has 0 amide bonds. The lowest BCUT2D eigenvalue weighted by Gasteiger charge is -2.09. The van der Waals surface area contributed by atoms with E-state index in [1.807, 2.05) is 12.1 Å². The summed E-state index contributed by atoms with van der Waals surface area (Å²) in [4.78, 5) is 0.125. The fourth-order valence-electron chi connectivity index (χ4n) is 1.37. The Morgan fingerprint density at radius 2 is 1.83 bits per heavy atom. The number of hydrogen-bond acceptors (Lipinski definition) is 4. The largest absolute Gasteiger partial charge is 0.358 e. The van der Waals surface area contributed by atoms with Gasteiger partial charge in [0.2, 0.25) is 0 Å². The third kappa shape index (κ3) is 3.84.